The summed E-state index contributed by atoms with van der Waals surface area (Å²) in [6.07, 6.45) is 5.29. The van der Waals surface area contributed by atoms with Crippen LogP contribution in [0.2, 0.25) is 10.0 Å². The summed E-state index contributed by atoms with van der Waals surface area (Å²) >= 11 is 17.0. The van der Waals surface area contributed by atoms with Gasteiger partial charge >= 0.3 is 0 Å². The summed E-state index contributed by atoms with van der Waals surface area (Å²) in [4.78, 5) is 14.1. The molecule has 0 spiro atoms. The summed E-state index contributed by atoms with van der Waals surface area (Å²) in [5.74, 6) is 0.292. The summed E-state index contributed by atoms with van der Waals surface area (Å²) in [7, 11) is 1.50. The Morgan fingerprint density at radius 1 is 1.19 bits per heavy atom. The first-order valence-electron chi connectivity index (χ1n) is 11.3. The molecule has 0 aliphatic heterocycles. The number of thiophene rings is 1. The van der Waals surface area contributed by atoms with E-state index in [1.807, 2.05) is 12.1 Å². The van der Waals surface area contributed by atoms with Crippen molar-refractivity contribution in [2.45, 2.75) is 32.3 Å². The van der Waals surface area contributed by atoms with E-state index in [-0.39, 0.29) is 12.2 Å². The van der Waals surface area contributed by atoms with Crippen molar-refractivity contribution in [2.24, 2.45) is 0 Å². The molecule has 0 fully saturated rings. The molecule has 0 bridgehead atoms. The van der Waals surface area contributed by atoms with Gasteiger partial charge in [0.2, 0.25) is 0 Å². The van der Waals surface area contributed by atoms with Gasteiger partial charge in [-0.2, -0.15) is 10.5 Å². The Balaban J connectivity index is 1.55. The Morgan fingerprint density at radius 2 is 1.97 bits per heavy atom. The maximum absolute atomic E-state index is 13.0. The summed E-state index contributed by atoms with van der Waals surface area (Å²) in [5.41, 5.74) is 2.79. The van der Waals surface area contributed by atoms with Crippen molar-refractivity contribution in [1.29, 1.82) is 10.5 Å². The lowest BCUT2D eigenvalue weighted by Crippen LogP contribution is -2.13. The number of nitrogens with zero attached hydrogens (tertiary/aromatic N) is 2. The number of anilines is 1. The van der Waals surface area contributed by atoms with Crippen LogP contribution in [0.5, 0.6) is 11.5 Å². The number of hydrogen-bond acceptors (Lipinski definition) is 6. The highest BCUT2D eigenvalue weighted by Gasteiger charge is 2.23. The minimum Gasteiger partial charge on any atom is -0.493 e. The average molecular weight is 617 g/mol. The van der Waals surface area contributed by atoms with Crippen LogP contribution in [0.15, 0.2) is 40.4 Å². The molecule has 6 nitrogen and oxygen atoms in total. The number of rotatable bonds is 7. The van der Waals surface area contributed by atoms with Crippen LogP contribution in [0.1, 0.15) is 40.0 Å². The van der Waals surface area contributed by atoms with Crippen molar-refractivity contribution in [1.82, 2.24) is 0 Å². The van der Waals surface area contributed by atoms with Gasteiger partial charge in [0.1, 0.15) is 29.3 Å². The van der Waals surface area contributed by atoms with Crippen LogP contribution < -0.4 is 14.8 Å². The first kappa shape index (κ1) is 27.0. The molecule has 0 saturated heterocycles. The number of fused-ring (bicyclic) bond motifs is 1. The van der Waals surface area contributed by atoms with Crippen LogP contribution in [-0.4, -0.2) is 13.0 Å². The molecule has 1 aliphatic carbocycles. The Bertz CT molecular complexity index is 1490. The van der Waals surface area contributed by atoms with Crippen LogP contribution in [0.3, 0.4) is 0 Å². The number of ether oxygens (including phenoxy) is 2. The molecule has 0 atom stereocenters. The van der Waals surface area contributed by atoms with E-state index in [1.54, 1.807) is 24.3 Å². The van der Waals surface area contributed by atoms with E-state index in [1.165, 1.54) is 24.5 Å². The first-order chi connectivity index (χ1) is 17.8. The highest BCUT2D eigenvalue weighted by atomic mass is 79.9. The fraction of sp³-hybridized carbons (Fsp3) is 0.222. The zero-order valence-corrected chi connectivity index (χ0v) is 23.6. The van der Waals surface area contributed by atoms with Crippen LogP contribution in [-0.2, 0) is 24.2 Å². The molecule has 0 radical (unpaired) electrons. The van der Waals surface area contributed by atoms with E-state index in [0.29, 0.717) is 42.1 Å². The Hall–Kier alpha value is -3.01. The molecule has 1 N–H and O–H groups in total. The van der Waals surface area contributed by atoms with Crippen molar-refractivity contribution in [3.63, 3.8) is 0 Å². The fourth-order valence-corrected chi connectivity index (χ4v) is 6.14. The first-order valence-corrected chi connectivity index (χ1v) is 13.6. The van der Waals surface area contributed by atoms with Gasteiger partial charge in [-0.15, -0.1) is 11.3 Å². The zero-order chi connectivity index (χ0) is 26.5. The number of amides is 1. The number of hydrogen-bond donors (Lipinski definition) is 1. The Morgan fingerprint density at radius 3 is 2.68 bits per heavy atom. The summed E-state index contributed by atoms with van der Waals surface area (Å²) in [6.45, 7) is 0.221. The molecule has 1 aromatic heterocycles. The molecule has 3 aromatic rings. The minimum absolute atomic E-state index is 0.103. The van der Waals surface area contributed by atoms with E-state index in [4.69, 9.17) is 32.7 Å². The number of benzene rings is 2. The van der Waals surface area contributed by atoms with Gasteiger partial charge in [0.25, 0.3) is 5.91 Å². The molecule has 1 heterocycles. The van der Waals surface area contributed by atoms with Crippen molar-refractivity contribution in [3.8, 4) is 23.6 Å². The lowest BCUT2D eigenvalue weighted by atomic mass is 9.96. The number of nitrogens with one attached hydrogen (secondary N) is 1. The molecule has 1 amide bonds. The molecule has 188 valence electrons. The average Bonchev–Trinajstić information content (AvgIpc) is 3.24. The number of aryl methyl sites for hydroxylation is 1. The second kappa shape index (κ2) is 12.0. The third-order valence-corrected chi connectivity index (χ3v) is 8.34. The lowest BCUT2D eigenvalue weighted by Gasteiger charge is -2.14. The number of nitriles is 2. The highest BCUT2D eigenvalue weighted by Crippen LogP contribution is 2.39. The van der Waals surface area contributed by atoms with Gasteiger partial charge in [0.05, 0.1) is 27.2 Å². The predicted molar refractivity (Wildman–Crippen MR) is 149 cm³/mol. The molecular formula is C27H20BrCl2N3O3S. The maximum Gasteiger partial charge on any atom is 0.266 e. The number of methoxy groups -OCH3 is 1. The Kier molecular flexibility index (Phi) is 8.79. The van der Waals surface area contributed by atoms with Crippen molar-refractivity contribution in [3.05, 3.63) is 77.6 Å². The largest absolute Gasteiger partial charge is 0.493 e. The van der Waals surface area contributed by atoms with E-state index in [2.05, 4.69) is 27.3 Å². The highest BCUT2D eigenvalue weighted by molar-refractivity contribution is 9.10. The molecule has 4 rings (SSSR count). The van der Waals surface area contributed by atoms with E-state index < -0.39 is 5.91 Å². The second-order valence-corrected chi connectivity index (χ2v) is 11.0. The molecule has 1 aliphatic rings. The van der Waals surface area contributed by atoms with Crippen molar-refractivity contribution in [2.75, 3.05) is 12.4 Å². The normalized spacial score (nSPS) is 12.8. The van der Waals surface area contributed by atoms with Gasteiger partial charge in [-0.25, -0.2) is 0 Å². The molecule has 2 aromatic carbocycles. The summed E-state index contributed by atoms with van der Waals surface area (Å²) in [5, 5.41) is 23.5. The van der Waals surface area contributed by atoms with Gasteiger partial charge in [0.15, 0.2) is 11.5 Å². The molecule has 10 heteroatoms. The van der Waals surface area contributed by atoms with Crippen molar-refractivity contribution >= 4 is 67.5 Å². The lowest BCUT2D eigenvalue weighted by molar-refractivity contribution is -0.112. The van der Waals surface area contributed by atoms with Crippen LogP contribution in [0.25, 0.3) is 6.08 Å². The topological polar surface area (TPSA) is 95.1 Å². The van der Waals surface area contributed by atoms with Crippen molar-refractivity contribution < 1.29 is 14.3 Å². The number of carbonyl (C=O) groups is 1. The van der Waals surface area contributed by atoms with Crippen LogP contribution >= 0.6 is 50.5 Å². The van der Waals surface area contributed by atoms with Gasteiger partial charge in [0, 0.05) is 4.88 Å². The SMILES string of the molecule is COc1cc(/C=C(\C#N)C(=O)Nc2sc3c(c2C#N)CCCC3)cc(Br)c1OCc1ccc(Cl)c(Cl)c1. The maximum atomic E-state index is 13.0. The van der Waals surface area contributed by atoms with Gasteiger partial charge in [-0.3, -0.25) is 4.79 Å². The summed E-state index contributed by atoms with van der Waals surface area (Å²) < 4.78 is 12.0. The van der Waals surface area contributed by atoms with Crippen LogP contribution in [0, 0.1) is 22.7 Å². The van der Waals surface area contributed by atoms with E-state index >= 15 is 0 Å². The monoisotopic (exact) mass is 615 g/mol. The molecule has 37 heavy (non-hydrogen) atoms. The van der Waals surface area contributed by atoms with Crippen LogP contribution in [0.4, 0.5) is 5.00 Å². The molecule has 0 unspecified atom stereocenters. The smallest absolute Gasteiger partial charge is 0.266 e. The number of halogens is 3. The van der Waals surface area contributed by atoms with Gasteiger partial charge < -0.3 is 14.8 Å². The van der Waals surface area contributed by atoms with E-state index in [9.17, 15) is 15.3 Å². The zero-order valence-electron chi connectivity index (χ0n) is 19.7. The molecule has 0 saturated carbocycles. The Labute approximate surface area is 237 Å². The quantitative estimate of drug-likeness (QED) is 0.217. The fourth-order valence-electron chi connectivity index (χ4n) is 4.01. The van der Waals surface area contributed by atoms with Gasteiger partial charge in [-0.1, -0.05) is 29.3 Å². The standard InChI is InChI=1S/C27H20BrCl2N3O3S/c1-35-23-11-16(9-20(28)25(23)36-14-15-6-7-21(29)22(30)10-15)8-17(12-31)26(34)33-27-19(13-32)18-4-2-3-5-24(18)37-27/h6-11H,2-5,14H2,1H3,(H,33,34)/b17-8+. The third kappa shape index (κ3) is 6.11. The van der Waals surface area contributed by atoms with Gasteiger partial charge in [-0.05, 0) is 88.6 Å². The summed E-state index contributed by atoms with van der Waals surface area (Å²) in [6, 6.07) is 12.8. The second-order valence-electron chi connectivity index (χ2n) is 8.22. The predicted octanol–water partition coefficient (Wildman–Crippen LogP) is 7.70. The molecular weight excluding hydrogens is 597 g/mol. The number of carbonyl (C=O) groups excluding carboxylic acids is 1. The minimum atomic E-state index is -0.576. The van der Waals surface area contributed by atoms with E-state index in [0.717, 1.165) is 41.7 Å². The third-order valence-electron chi connectivity index (χ3n) is 5.81.